The molecular weight excluding hydrogens is 511 g/mol. The second kappa shape index (κ2) is 10.4. The van der Waals surface area contributed by atoms with Crippen LogP contribution in [-0.4, -0.2) is 54.7 Å². The van der Waals surface area contributed by atoms with Crippen LogP contribution in [0.15, 0.2) is 47.4 Å². The van der Waals surface area contributed by atoms with Crippen molar-refractivity contribution in [1.82, 2.24) is 8.87 Å². The molecule has 4 rings (SSSR count). The number of carbonyl (C=O) groups excluding carboxylic acids is 2. The van der Waals surface area contributed by atoms with Gasteiger partial charge in [-0.25, -0.2) is 26.4 Å². The number of nitrogens with zero attached hydrogens (tertiary/aromatic N) is 2. The minimum Gasteiger partial charge on any atom is -0.461 e. The van der Waals surface area contributed by atoms with Crippen molar-refractivity contribution in [3.05, 3.63) is 65.1 Å². The number of ether oxygens (including phenoxy) is 2. The number of aromatic nitrogens is 1. The van der Waals surface area contributed by atoms with E-state index >= 15 is 4.39 Å². The van der Waals surface area contributed by atoms with E-state index in [0.717, 1.165) is 9.54 Å². The first-order valence-corrected chi connectivity index (χ1v) is 14.1. The van der Waals surface area contributed by atoms with Gasteiger partial charge in [-0.2, -0.15) is 0 Å². The molecule has 0 atom stereocenters. The van der Waals surface area contributed by atoms with Crippen molar-refractivity contribution in [2.45, 2.75) is 63.9 Å². The zero-order chi connectivity index (χ0) is 27.8. The Morgan fingerprint density at radius 3 is 2.26 bits per heavy atom. The summed E-state index contributed by atoms with van der Waals surface area (Å²) in [5.41, 5.74) is 0.610. The predicted octanol–water partition coefficient (Wildman–Crippen LogP) is 5.62. The van der Waals surface area contributed by atoms with Crippen molar-refractivity contribution in [3.8, 4) is 0 Å². The third kappa shape index (κ3) is 5.55. The highest BCUT2D eigenvalue weighted by atomic mass is 32.2. The number of fused-ring (bicyclic) bond motifs is 1. The van der Waals surface area contributed by atoms with E-state index in [1.165, 1.54) is 30.3 Å². The van der Waals surface area contributed by atoms with Crippen molar-refractivity contribution in [2.24, 2.45) is 0 Å². The van der Waals surface area contributed by atoms with E-state index in [4.69, 9.17) is 9.47 Å². The number of rotatable bonds is 5. The molecule has 2 aromatic carbocycles. The summed E-state index contributed by atoms with van der Waals surface area (Å²) in [5, 5.41) is 0.274. The SMILES string of the molecule is CCOC(=O)c1cc2cc(F)c(C3CCN(C(=O)OC(C)(C)C)CC3)cc2n1S(=O)(=O)c1ccc(C)cc1. The lowest BCUT2D eigenvalue weighted by atomic mass is 9.88. The van der Waals surface area contributed by atoms with Gasteiger partial charge in [0.1, 0.15) is 17.1 Å². The number of halogens is 1. The maximum atomic E-state index is 15.4. The van der Waals surface area contributed by atoms with Crippen LogP contribution in [0.1, 0.15) is 68.1 Å². The fraction of sp³-hybridized carbons (Fsp3) is 0.429. The smallest absolute Gasteiger partial charge is 0.410 e. The Morgan fingerprint density at radius 1 is 1.05 bits per heavy atom. The van der Waals surface area contributed by atoms with Crippen LogP contribution in [0.25, 0.3) is 10.9 Å². The number of carbonyl (C=O) groups is 2. The molecule has 1 aromatic heterocycles. The van der Waals surface area contributed by atoms with Gasteiger partial charge in [0.15, 0.2) is 0 Å². The van der Waals surface area contributed by atoms with Gasteiger partial charge in [0.2, 0.25) is 0 Å². The number of aryl methyl sites for hydroxylation is 1. The van der Waals surface area contributed by atoms with Gasteiger partial charge in [0, 0.05) is 18.5 Å². The van der Waals surface area contributed by atoms with Crippen molar-refractivity contribution in [2.75, 3.05) is 19.7 Å². The summed E-state index contributed by atoms with van der Waals surface area (Å²) in [6, 6.07) is 10.4. The summed E-state index contributed by atoms with van der Waals surface area (Å²) in [4.78, 5) is 26.8. The fourth-order valence-electron chi connectivity index (χ4n) is 4.65. The lowest BCUT2D eigenvalue weighted by Crippen LogP contribution is -2.41. The van der Waals surface area contributed by atoms with Gasteiger partial charge in [-0.3, -0.25) is 0 Å². The summed E-state index contributed by atoms with van der Waals surface area (Å²) >= 11 is 0. The topological polar surface area (TPSA) is 94.9 Å². The zero-order valence-corrected chi connectivity index (χ0v) is 23.1. The predicted molar refractivity (Wildman–Crippen MR) is 141 cm³/mol. The Morgan fingerprint density at radius 2 is 1.68 bits per heavy atom. The van der Waals surface area contributed by atoms with E-state index in [1.807, 2.05) is 6.92 Å². The minimum absolute atomic E-state index is 0.00249. The number of benzene rings is 2. The van der Waals surface area contributed by atoms with Gasteiger partial charge in [-0.1, -0.05) is 17.7 Å². The number of amides is 1. The van der Waals surface area contributed by atoms with E-state index in [0.29, 0.717) is 31.5 Å². The Bertz CT molecular complexity index is 1460. The molecule has 10 heteroatoms. The molecule has 3 aromatic rings. The molecule has 1 amide bonds. The zero-order valence-electron chi connectivity index (χ0n) is 22.3. The third-order valence-electron chi connectivity index (χ3n) is 6.51. The first-order valence-electron chi connectivity index (χ1n) is 12.6. The maximum Gasteiger partial charge on any atom is 0.410 e. The van der Waals surface area contributed by atoms with Crippen molar-refractivity contribution < 1.29 is 31.9 Å². The van der Waals surface area contributed by atoms with Crippen LogP contribution in [0.4, 0.5) is 9.18 Å². The van der Waals surface area contributed by atoms with Crippen LogP contribution in [-0.2, 0) is 19.5 Å². The van der Waals surface area contributed by atoms with Crippen molar-refractivity contribution >= 4 is 33.0 Å². The van der Waals surface area contributed by atoms with Crippen LogP contribution >= 0.6 is 0 Å². The Hall–Kier alpha value is -3.40. The molecule has 1 saturated heterocycles. The maximum absolute atomic E-state index is 15.4. The molecule has 0 bridgehead atoms. The molecule has 8 nitrogen and oxygen atoms in total. The molecular formula is C28H33FN2O6S. The van der Waals surface area contributed by atoms with Crippen LogP contribution in [0.3, 0.4) is 0 Å². The van der Waals surface area contributed by atoms with Gasteiger partial charge in [-0.15, -0.1) is 0 Å². The summed E-state index contributed by atoms with van der Waals surface area (Å²) in [6.07, 6.45) is 0.555. The lowest BCUT2D eigenvalue weighted by Gasteiger charge is -2.33. The average molecular weight is 545 g/mol. The molecule has 1 aliphatic heterocycles. The molecule has 2 heterocycles. The van der Waals surface area contributed by atoms with Gasteiger partial charge >= 0.3 is 12.1 Å². The molecule has 0 radical (unpaired) electrons. The highest BCUT2D eigenvalue weighted by molar-refractivity contribution is 7.90. The van der Waals surface area contributed by atoms with Gasteiger partial charge in [-0.05, 0) is 89.3 Å². The molecule has 0 unspecified atom stereocenters. The minimum atomic E-state index is -4.21. The summed E-state index contributed by atoms with van der Waals surface area (Å²) < 4.78 is 54.4. The standard InChI is InChI=1S/C28H33FN2O6S/c1-6-36-26(32)25-16-20-15-23(29)22(19-11-13-30(14-12-19)27(33)37-28(3,4)5)17-24(20)31(25)38(34,35)21-9-7-18(2)8-10-21/h7-10,15-17,19H,6,11-14H2,1-5H3. The molecule has 0 spiro atoms. The number of likely N-dealkylation sites (tertiary alicyclic amines) is 1. The normalized spacial score (nSPS) is 15.1. The number of hydrogen-bond acceptors (Lipinski definition) is 6. The molecule has 0 N–H and O–H groups in total. The number of hydrogen-bond donors (Lipinski definition) is 0. The molecule has 1 aliphatic rings. The highest BCUT2D eigenvalue weighted by Gasteiger charge is 2.31. The first-order chi connectivity index (χ1) is 17.8. The second-order valence-corrected chi connectivity index (χ2v) is 12.3. The number of piperidine rings is 1. The van der Waals surface area contributed by atoms with Gasteiger partial charge in [0.25, 0.3) is 10.0 Å². The Labute approximate surface area is 222 Å². The van der Waals surface area contributed by atoms with Crippen molar-refractivity contribution in [1.29, 1.82) is 0 Å². The van der Waals surface area contributed by atoms with E-state index < -0.39 is 33.5 Å². The number of esters is 1. The average Bonchev–Trinajstić information content (AvgIpc) is 3.22. The quantitative estimate of drug-likeness (QED) is 0.387. The molecule has 0 saturated carbocycles. The first kappa shape index (κ1) is 27.6. The molecule has 1 fully saturated rings. The Balaban J connectivity index is 1.75. The Kier molecular flexibility index (Phi) is 7.56. The van der Waals surface area contributed by atoms with Crippen LogP contribution in [0, 0.1) is 12.7 Å². The summed E-state index contributed by atoms with van der Waals surface area (Å²) in [6.45, 7) is 9.68. The van der Waals surface area contributed by atoms with Crippen LogP contribution < -0.4 is 0 Å². The van der Waals surface area contributed by atoms with E-state index in [1.54, 1.807) is 44.7 Å². The summed E-state index contributed by atoms with van der Waals surface area (Å²) in [7, 11) is -4.21. The third-order valence-corrected chi connectivity index (χ3v) is 8.25. The van der Waals surface area contributed by atoms with Crippen LogP contribution in [0.2, 0.25) is 0 Å². The van der Waals surface area contributed by atoms with Crippen molar-refractivity contribution in [3.63, 3.8) is 0 Å². The van der Waals surface area contributed by atoms with E-state index in [9.17, 15) is 18.0 Å². The largest absolute Gasteiger partial charge is 0.461 e. The highest BCUT2D eigenvalue weighted by Crippen LogP contribution is 2.35. The van der Waals surface area contributed by atoms with E-state index in [2.05, 4.69) is 0 Å². The molecule has 0 aliphatic carbocycles. The van der Waals surface area contributed by atoms with Crippen LogP contribution in [0.5, 0.6) is 0 Å². The van der Waals surface area contributed by atoms with Gasteiger partial charge in [0.05, 0.1) is 17.0 Å². The summed E-state index contributed by atoms with van der Waals surface area (Å²) in [5.74, 6) is -1.55. The fourth-order valence-corrected chi connectivity index (χ4v) is 6.15. The molecule has 204 valence electrons. The van der Waals surface area contributed by atoms with E-state index in [-0.39, 0.29) is 34.0 Å². The lowest BCUT2D eigenvalue weighted by molar-refractivity contribution is 0.0204. The second-order valence-electron chi connectivity index (χ2n) is 10.5. The monoisotopic (exact) mass is 544 g/mol. The molecule has 38 heavy (non-hydrogen) atoms. The van der Waals surface area contributed by atoms with Gasteiger partial charge < -0.3 is 14.4 Å².